The molecule has 11 heavy (non-hydrogen) atoms. The molecular formula is C10H13N. The lowest BCUT2D eigenvalue weighted by atomic mass is 10.3. The normalized spacial score (nSPS) is 28.1. The van der Waals surface area contributed by atoms with Crippen LogP contribution in [0.3, 0.4) is 0 Å². The molecule has 1 aromatic rings. The molecule has 0 unspecified atom stereocenters. The van der Waals surface area contributed by atoms with Crippen molar-refractivity contribution in [3.05, 3.63) is 30.3 Å². The fraction of sp³-hybridized carbons (Fsp3) is 0.400. The van der Waals surface area contributed by atoms with E-state index >= 15 is 0 Å². The van der Waals surface area contributed by atoms with E-state index in [1.807, 2.05) is 6.07 Å². The molecule has 1 aliphatic carbocycles. The Morgan fingerprint density at radius 1 is 1.27 bits per heavy atom. The van der Waals surface area contributed by atoms with Gasteiger partial charge in [0.25, 0.3) is 0 Å². The van der Waals surface area contributed by atoms with Gasteiger partial charge in [-0.3, -0.25) is 0 Å². The Morgan fingerprint density at radius 2 is 1.91 bits per heavy atom. The van der Waals surface area contributed by atoms with Crippen molar-refractivity contribution in [1.29, 1.82) is 0 Å². The Morgan fingerprint density at radius 3 is 2.45 bits per heavy atom. The standard InChI is InChI=1S/C10H13N/c1-8-7-10(8)11-9-5-3-2-4-6-9/h2-6,8,10-11H,7H2,1H3/t8-,10-/m0/s1. The number of rotatable bonds is 2. The third kappa shape index (κ3) is 1.53. The van der Waals surface area contributed by atoms with Crippen molar-refractivity contribution in [1.82, 2.24) is 0 Å². The van der Waals surface area contributed by atoms with Gasteiger partial charge in [-0.05, 0) is 24.5 Å². The van der Waals surface area contributed by atoms with Crippen molar-refractivity contribution in [2.75, 3.05) is 5.32 Å². The van der Waals surface area contributed by atoms with E-state index in [4.69, 9.17) is 0 Å². The monoisotopic (exact) mass is 147 g/mol. The molecule has 1 saturated carbocycles. The SMILES string of the molecule is C[C@H]1C[C@@H]1Nc1ccccc1. The molecule has 0 heterocycles. The number of nitrogens with one attached hydrogen (secondary N) is 1. The molecule has 0 amide bonds. The summed E-state index contributed by atoms with van der Waals surface area (Å²) in [6, 6.07) is 11.1. The first kappa shape index (κ1) is 6.71. The summed E-state index contributed by atoms with van der Waals surface area (Å²) in [5.41, 5.74) is 1.25. The van der Waals surface area contributed by atoms with E-state index in [2.05, 4.69) is 36.5 Å². The van der Waals surface area contributed by atoms with Gasteiger partial charge in [0.15, 0.2) is 0 Å². The van der Waals surface area contributed by atoms with Gasteiger partial charge in [0.2, 0.25) is 0 Å². The minimum atomic E-state index is 0.734. The first-order chi connectivity index (χ1) is 5.36. The molecule has 0 spiro atoms. The highest BCUT2D eigenvalue weighted by Gasteiger charge is 2.31. The molecule has 1 fully saturated rings. The van der Waals surface area contributed by atoms with Crippen LogP contribution >= 0.6 is 0 Å². The van der Waals surface area contributed by atoms with Crippen LogP contribution in [0.1, 0.15) is 13.3 Å². The van der Waals surface area contributed by atoms with Gasteiger partial charge in [-0.15, -0.1) is 0 Å². The first-order valence-electron chi connectivity index (χ1n) is 4.18. The van der Waals surface area contributed by atoms with Crippen molar-refractivity contribution in [2.45, 2.75) is 19.4 Å². The third-order valence-corrected chi connectivity index (χ3v) is 2.24. The fourth-order valence-electron chi connectivity index (χ4n) is 1.27. The molecule has 2 rings (SSSR count). The summed E-state index contributed by atoms with van der Waals surface area (Å²) in [7, 11) is 0. The summed E-state index contributed by atoms with van der Waals surface area (Å²) in [5, 5.41) is 3.47. The Hall–Kier alpha value is -0.980. The van der Waals surface area contributed by atoms with E-state index in [0.717, 1.165) is 12.0 Å². The summed E-state index contributed by atoms with van der Waals surface area (Å²) in [4.78, 5) is 0. The van der Waals surface area contributed by atoms with E-state index in [0.29, 0.717) is 0 Å². The van der Waals surface area contributed by atoms with Crippen LogP contribution in [0.15, 0.2) is 30.3 Å². The number of anilines is 1. The van der Waals surface area contributed by atoms with Gasteiger partial charge in [-0.1, -0.05) is 25.1 Å². The predicted molar refractivity (Wildman–Crippen MR) is 47.6 cm³/mol. The molecule has 0 radical (unpaired) electrons. The van der Waals surface area contributed by atoms with Crippen molar-refractivity contribution < 1.29 is 0 Å². The van der Waals surface area contributed by atoms with Crippen LogP contribution in [0.2, 0.25) is 0 Å². The van der Waals surface area contributed by atoms with Gasteiger partial charge in [-0.2, -0.15) is 0 Å². The average Bonchev–Trinajstić information content (AvgIpc) is 2.69. The second kappa shape index (κ2) is 2.57. The molecule has 1 aliphatic rings. The topological polar surface area (TPSA) is 12.0 Å². The highest BCUT2D eigenvalue weighted by Crippen LogP contribution is 2.32. The number of hydrogen-bond donors (Lipinski definition) is 1. The highest BCUT2D eigenvalue weighted by atomic mass is 15.0. The lowest BCUT2D eigenvalue weighted by Crippen LogP contribution is -2.02. The number of hydrogen-bond acceptors (Lipinski definition) is 1. The van der Waals surface area contributed by atoms with Gasteiger partial charge in [-0.25, -0.2) is 0 Å². The van der Waals surface area contributed by atoms with E-state index in [1.165, 1.54) is 12.1 Å². The highest BCUT2D eigenvalue weighted by molar-refractivity contribution is 5.44. The van der Waals surface area contributed by atoms with Crippen molar-refractivity contribution >= 4 is 5.69 Å². The molecule has 0 aliphatic heterocycles. The van der Waals surface area contributed by atoms with Gasteiger partial charge in [0, 0.05) is 11.7 Å². The van der Waals surface area contributed by atoms with Crippen LogP contribution in [0.5, 0.6) is 0 Å². The van der Waals surface area contributed by atoms with Gasteiger partial charge in [0.1, 0.15) is 0 Å². The molecule has 1 nitrogen and oxygen atoms in total. The summed E-state index contributed by atoms with van der Waals surface area (Å²) >= 11 is 0. The Balaban J connectivity index is 1.97. The van der Waals surface area contributed by atoms with E-state index in [9.17, 15) is 0 Å². The van der Waals surface area contributed by atoms with Crippen LogP contribution in [0.4, 0.5) is 5.69 Å². The van der Waals surface area contributed by atoms with Crippen LogP contribution in [0, 0.1) is 5.92 Å². The molecule has 1 heteroatoms. The van der Waals surface area contributed by atoms with Crippen LogP contribution in [-0.2, 0) is 0 Å². The van der Waals surface area contributed by atoms with Crippen molar-refractivity contribution in [3.63, 3.8) is 0 Å². The maximum Gasteiger partial charge on any atom is 0.0342 e. The largest absolute Gasteiger partial charge is 0.382 e. The van der Waals surface area contributed by atoms with Gasteiger partial charge < -0.3 is 5.32 Å². The molecule has 0 saturated heterocycles. The Labute approximate surface area is 67.4 Å². The minimum absolute atomic E-state index is 0.734. The molecule has 1 aromatic carbocycles. The smallest absolute Gasteiger partial charge is 0.0342 e. The van der Waals surface area contributed by atoms with Crippen LogP contribution in [0.25, 0.3) is 0 Å². The lowest BCUT2D eigenvalue weighted by Gasteiger charge is -2.02. The van der Waals surface area contributed by atoms with E-state index < -0.39 is 0 Å². The molecule has 0 aromatic heterocycles. The van der Waals surface area contributed by atoms with E-state index in [-0.39, 0.29) is 0 Å². The van der Waals surface area contributed by atoms with Gasteiger partial charge >= 0.3 is 0 Å². The minimum Gasteiger partial charge on any atom is -0.382 e. The Kier molecular flexibility index (Phi) is 1.57. The third-order valence-electron chi connectivity index (χ3n) is 2.24. The maximum absolute atomic E-state index is 3.47. The second-order valence-corrected chi connectivity index (χ2v) is 3.33. The zero-order valence-corrected chi connectivity index (χ0v) is 6.75. The average molecular weight is 147 g/mol. The van der Waals surface area contributed by atoms with Crippen molar-refractivity contribution in [3.8, 4) is 0 Å². The maximum atomic E-state index is 3.47. The molecule has 1 N–H and O–H groups in total. The summed E-state index contributed by atoms with van der Waals surface area (Å²) in [5.74, 6) is 0.871. The first-order valence-corrected chi connectivity index (χ1v) is 4.18. The molecular weight excluding hydrogens is 134 g/mol. The van der Waals surface area contributed by atoms with Crippen LogP contribution < -0.4 is 5.32 Å². The molecule has 0 bridgehead atoms. The zero-order chi connectivity index (χ0) is 7.68. The quantitative estimate of drug-likeness (QED) is 0.677. The molecule has 2 atom stereocenters. The number of para-hydroxylation sites is 1. The summed E-state index contributed by atoms with van der Waals surface area (Å²) in [6.45, 7) is 2.28. The number of benzene rings is 1. The zero-order valence-electron chi connectivity index (χ0n) is 6.75. The second-order valence-electron chi connectivity index (χ2n) is 3.33. The van der Waals surface area contributed by atoms with E-state index in [1.54, 1.807) is 0 Å². The molecule has 58 valence electrons. The predicted octanol–water partition coefficient (Wildman–Crippen LogP) is 2.51. The van der Waals surface area contributed by atoms with Crippen molar-refractivity contribution in [2.24, 2.45) is 5.92 Å². The summed E-state index contributed by atoms with van der Waals surface area (Å²) < 4.78 is 0. The van der Waals surface area contributed by atoms with Crippen LogP contribution in [-0.4, -0.2) is 6.04 Å². The lowest BCUT2D eigenvalue weighted by molar-refractivity contribution is 0.929. The Bertz CT molecular complexity index is 230. The summed E-state index contributed by atoms with van der Waals surface area (Å²) in [6.07, 6.45) is 1.33. The fourth-order valence-corrected chi connectivity index (χ4v) is 1.27. The van der Waals surface area contributed by atoms with Gasteiger partial charge in [0.05, 0.1) is 0 Å².